The van der Waals surface area contributed by atoms with E-state index in [-0.39, 0.29) is 5.91 Å². The van der Waals surface area contributed by atoms with Gasteiger partial charge in [-0.25, -0.2) is 0 Å². The molecule has 0 bridgehead atoms. The molecule has 1 unspecified atom stereocenters. The molecule has 1 aromatic rings. The maximum atomic E-state index is 11.6. The first-order valence-electron chi connectivity index (χ1n) is 7.16. The number of hydrogen-bond acceptors (Lipinski definition) is 4. The summed E-state index contributed by atoms with van der Waals surface area (Å²) in [6.07, 6.45) is 1.00. The summed E-state index contributed by atoms with van der Waals surface area (Å²) in [4.78, 5) is 15.5. The summed E-state index contributed by atoms with van der Waals surface area (Å²) in [6.45, 7) is 3.13. The van der Waals surface area contributed by atoms with Crippen LogP contribution in [-0.2, 0) is 4.79 Å². The lowest BCUT2D eigenvalue weighted by atomic mass is 10.2. The van der Waals surface area contributed by atoms with Crippen LogP contribution in [0.3, 0.4) is 0 Å². The number of carbonyl (C=O) groups is 1. The van der Waals surface area contributed by atoms with Gasteiger partial charge in [-0.05, 0) is 18.6 Å². The van der Waals surface area contributed by atoms with Crippen LogP contribution >= 0.6 is 0 Å². The van der Waals surface area contributed by atoms with Crippen molar-refractivity contribution in [2.45, 2.75) is 18.9 Å². The van der Waals surface area contributed by atoms with Crippen LogP contribution in [0.15, 0.2) is 24.3 Å². The van der Waals surface area contributed by atoms with Crippen molar-refractivity contribution in [2.24, 2.45) is 0 Å². The minimum absolute atomic E-state index is 0.159. The normalized spacial score (nSPS) is 19.8. The molecule has 1 N–H and O–H groups in total. The van der Waals surface area contributed by atoms with Gasteiger partial charge in [0.25, 0.3) is 0 Å². The Morgan fingerprint density at radius 1 is 1.20 bits per heavy atom. The average molecular weight is 276 g/mol. The van der Waals surface area contributed by atoms with Gasteiger partial charge in [0.1, 0.15) is 12.4 Å². The number of likely N-dealkylation sites (tertiary alicyclic amines) is 1. The number of nitrogens with zero attached hydrogens (tertiary/aromatic N) is 2. The Hall–Kier alpha value is -1.75. The Labute approximate surface area is 118 Å². The number of β-amino-alcohol motifs (C(OH)–C–C–N with tert-alkyl or cyclic N) is 1. The number of hydrogen-bond donors (Lipinski definition) is 1. The molecule has 0 aliphatic carbocycles. The van der Waals surface area contributed by atoms with Crippen molar-refractivity contribution in [2.75, 3.05) is 37.7 Å². The zero-order valence-corrected chi connectivity index (χ0v) is 11.5. The minimum Gasteiger partial charge on any atom is -0.490 e. The number of aliphatic hydroxyl groups is 1. The van der Waals surface area contributed by atoms with Crippen LogP contribution in [0.1, 0.15) is 12.8 Å². The van der Waals surface area contributed by atoms with E-state index in [0.717, 1.165) is 30.9 Å². The molecule has 108 valence electrons. The SMILES string of the molecule is O=C1CCCN1CC(O)CN1CCOc2ccccc21. The van der Waals surface area contributed by atoms with Gasteiger partial charge in [0.2, 0.25) is 5.91 Å². The number of rotatable bonds is 4. The topological polar surface area (TPSA) is 53.0 Å². The zero-order valence-electron chi connectivity index (χ0n) is 11.5. The lowest BCUT2D eigenvalue weighted by Gasteiger charge is -2.33. The molecule has 0 radical (unpaired) electrons. The second-order valence-electron chi connectivity index (χ2n) is 5.36. The highest BCUT2D eigenvalue weighted by molar-refractivity contribution is 5.78. The number of benzene rings is 1. The molecule has 0 saturated carbocycles. The summed E-state index contributed by atoms with van der Waals surface area (Å²) < 4.78 is 5.60. The van der Waals surface area contributed by atoms with Crippen LogP contribution in [0.4, 0.5) is 5.69 Å². The molecule has 5 heteroatoms. The zero-order chi connectivity index (χ0) is 13.9. The fourth-order valence-electron chi connectivity index (χ4n) is 2.88. The van der Waals surface area contributed by atoms with E-state index in [1.165, 1.54) is 0 Å². The third-order valence-corrected chi connectivity index (χ3v) is 3.86. The number of fused-ring (bicyclic) bond motifs is 1. The summed E-state index contributed by atoms with van der Waals surface area (Å²) in [5.41, 5.74) is 1.02. The number of aliphatic hydroxyl groups excluding tert-OH is 1. The second kappa shape index (κ2) is 5.71. The van der Waals surface area contributed by atoms with Crippen molar-refractivity contribution < 1.29 is 14.6 Å². The molecule has 1 atom stereocenters. The lowest BCUT2D eigenvalue weighted by molar-refractivity contribution is -0.128. The molecule has 1 fully saturated rings. The third kappa shape index (κ3) is 2.72. The Kier molecular flexibility index (Phi) is 3.78. The quantitative estimate of drug-likeness (QED) is 0.886. The van der Waals surface area contributed by atoms with Crippen molar-refractivity contribution >= 4 is 11.6 Å². The van der Waals surface area contributed by atoms with Gasteiger partial charge in [-0.2, -0.15) is 0 Å². The molecule has 0 aromatic heterocycles. The van der Waals surface area contributed by atoms with Crippen molar-refractivity contribution in [3.05, 3.63) is 24.3 Å². The van der Waals surface area contributed by atoms with Crippen molar-refractivity contribution in [1.82, 2.24) is 4.90 Å². The summed E-state index contributed by atoms with van der Waals surface area (Å²) >= 11 is 0. The van der Waals surface area contributed by atoms with E-state index in [1.807, 2.05) is 24.3 Å². The number of carbonyl (C=O) groups excluding carboxylic acids is 1. The van der Waals surface area contributed by atoms with Crippen molar-refractivity contribution in [1.29, 1.82) is 0 Å². The van der Waals surface area contributed by atoms with Gasteiger partial charge in [0, 0.05) is 26.1 Å². The number of amides is 1. The molecule has 1 saturated heterocycles. The number of ether oxygens (including phenoxy) is 1. The fraction of sp³-hybridized carbons (Fsp3) is 0.533. The van der Waals surface area contributed by atoms with E-state index < -0.39 is 6.10 Å². The average Bonchev–Trinajstić information content (AvgIpc) is 2.85. The van der Waals surface area contributed by atoms with Gasteiger partial charge in [-0.15, -0.1) is 0 Å². The predicted molar refractivity (Wildman–Crippen MR) is 76.0 cm³/mol. The molecule has 1 amide bonds. The lowest BCUT2D eigenvalue weighted by Crippen LogP contribution is -2.43. The first-order chi connectivity index (χ1) is 9.74. The first-order valence-corrected chi connectivity index (χ1v) is 7.16. The van der Waals surface area contributed by atoms with Crippen molar-refractivity contribution in [3.63, 3.8) is 0 Å². The van der Waals surface area contributed by atoms with Crippen LogP contribution in [-0.4, -0.2) is 54.8 Å². The van der Waals surface area contributed by atoms with E-state index in [0.29, 0.717) is 26.1 Å². The summed E-state index contributed by atoms with van der Waals surface area (Å²) in [6, 6.07) is 7.86. The Morgan fingerprint density at radius 2 is 2.00 bits per heavy atom. The maximum Gasteiger partial charge on any atom is 0.222 e. The van der Waals surface area contributed by atoms with E-state index in [1.54, 1.807) is 4.90 Å². The highest BCUT2D eigenvalue weighted by atomic mass is 16.5. The molecule has 1 aromatic carbocycles. The maximum absolute atomic E-state index is 11.6. The van der Waals surface area contributed by atoms with Gasteiger partial charge < -0.3 is 19.6 Å². The highest BCUT2D eigenvalue weighted by Gasteiger charge is 2.25. The van der Waals surface area contributed by atoms with Crippen LogP contribution in [0.5, 0.6) is 5.75 Å². The van der Waals surface area contributed by atoms with Crippen LogP contribution < -0.4 is 9.64 Å². The molecule has 0 spiro atoms. The number of anilines is 1. The molecule has 5 nitrogen and oxygen atoms in total. The van der Waals surface area contributed by atoms with Gasteiger partial charge in [0.05, 0.1) is 18.3 Å². The van der Waals surface area contributed by atoms with Crippen LogP contribution in [0, 0.1) is 0 Å². The summed E-state index contributed by atoms with van der Waals surface area (Å²) in [5, 5.41) is 10.2. The van der Waals surface area contributed by atoms with Gasteiger partial charge >= 0.3 is 0 Å². The van der Waals surface area contributed by atoms with Crippen LogP contribution in [0.25, 0.3) is 0 Å². The summed E-state index contributed by atoms with van der Waals surface area (Å²) in [7, 11) is 0. The largest absolute Gasteiger partial charge is 0.490 e. The Balaban J connectivity index is 1.62. The smallest absolute Gasteiger partial charge is 0.222 e. The molecule has 20 heavy (non-hydrogen) atoms. The monoisotopic (exact) mass is 276 g/mol. The van der Waals surface area contributed by atoms with Crippen molar-refractivity contribution in [3.8, 4) is 5.75 Å². The molecule has 2 aliphatic heterocycles. The Bertz CT molecular complexity index is 492. The number of para-hydroxylation sites is 2. The highest BCUT2D eigenvalue weighted by Crippen LogP contribution is 2.30. The fourth-order valence-corrected chi connectivity index (χ4v) is 2.88. The van der Waals surface area contributed by atoms with E-state index in [2.05, 4.69) is 4.90 Å². The van der Waals surface area contributed by atoms with E-state index in [9.17, 15) is 9.90 Å². The van der Waals surface area contributed by atoms with E-state index >= 15 is 0 Å². The molecular formula is C15H20N2O3. The molecule has 3 rings (SSSR count). The van der Waals surface area contributed by atoms with E-state index in [4.69, 9.17) is 4.74 Å². The van der Waals surface area contributed by atoms with Gasteiger partial charge in [-0.3, -0.25) is 4.79 Å². The van der Waals surface area contributed by atoms with Gasteiger partial charge in [0.15, 0.2) is 0 Å². The predicted octanol–water partition coefficient (Wildman–Crippen LogP) is 0.869. The Morgan fingerprint density at radius 3 is 2.80 bits per heavy atom. The third-order valence-electron chi connectivity index (χ3n) is 3.86. The van der Waals surface area contributed by atoms with Crippen LogP contribution in [0.2, 0.25) is 0 Å². The standard InChI is InChI=1S/C15H20N2O3/c18-12(11-17-7-3-6-15(17)19)10-16-8-9-20-14-5-2-1-4-13(14)16/h1-2,4-5,12,18H,3,6-11H2. The second-order valence-corrected chi connectivity index (χ2v) is 5.36. The van der Waals surface area contributed by atoms with Gasteiger partial charge in [-0.1, -0.05) is 12.1 Å². The molecule has 2 aliphatic rings. The molecular weight excluding hydrogens is 256 g/mol. The molecule has 2 heterocycles. The summed E-state index contributed by atoms with van der Waals surface area (Å²) in [5.74, 6) is 1.02. The first kappa shape index (κ1) is 13.2. The minimum atomic E-state index is -0.525.